The van der Waals surface area contributed by atoms with E-state index in [0.29, 0.717) is 23.2 Å². The molecule has 30 heavy (non-hydrogen) atoms. The summed E-state index contributed by atoms with van der Waals surface area (Å²) in [6, 6.07) is 8.58. The van der Waals surface area contributed by atoms with E-state index in [-0.39, 0.29) is 29.8 Å². The topological polar surface area (TPSA) is 68.4 Å². The van der Waals surface area contributed by atoms with Crippen LogP contribution in [0, 0.1) is 6.92 Å². The van der Waals surface area contributed by atoms with Crippen molar-refractivity contribution in [3.05, 3.63) is 57.9 Å². The number of benzene rings is 1. The highest BCUT2D eigenvalue weighted by atomic mass is 16.6. The summed E-state index contributed by atoms with van der Waals surface area (Å²) in [4.78, 5) is 28.7. The zero-order chi connectivity index (χ0) is 21.5. The van der Waals surface area contributed by atoms with Gasteiger partial charge in [0, 0.05) is 24.3 Å². The van der Waals surface area contributed by atoms with Gasteiger partial charge in [-0.25, -0.2) is 4.79 Å². The number of aromatic amines is 1. The van der Waals surface area contributed by atoms with Crippen LogP contribution in [0.2, 0.25) is 0 Å². The molecule has 1 aliphatic carbocycles. The van der Waals surface area contributed by atoms with Crippen molar-refractivity contribution >= 4 is 11.8 Å². The number of fused-ring (bicyclic) bond motifs is 1. The molecule has 5 nitrogen and oxygen atoms in total. The average Bonchev–Trinajstić information content (AvgIpc) is 3.33. The number of carbonyl (C=O) groups excluding carboxylic acids is 2. The summed E-state index contributed by atoms with van der Waals surface area (Å²) >= 11 is 0. The van der Waals surface area contributed by atoms with Crippen LogP contribution in [0.1, 0.15) is 89.2 Å². The van der Waals surface area contributed by atoms with Gasteiger partial charge >= 0.3 is 5.97 Å². The van der Waals surface area contributed by atoms with Crippen LogP contribution in [-0.4, -0.2) is 36.1 Å². The number of hydrogen-bond acceptors (Lipinski definition) is 4. The van der Waals surface area contributed by atoms with Gasteiger partial charge in [-0.2, -0.15) is 0 Å². The zero-order valence-electron chi connectivity index (χ0n) is 18.3. The third kappa shape index (κ3) is 4.08. The second kappa shape index (κ2) is 8.03. The predicted molar refractivity (Wildman–Crippen MR) is 115 cm³/mol. The molecule has 2 heterocycles. The minimum absolute atomic E-state index is 0.0130. The molecule has 1 fully saturated rings. The van der Waals surface area contributed by atoms with E-state index in [1.165, 1.54) is 5.56 Å². The first-order chi connectivity index (χ1) is 14.2. The summed E-state index contributed by atoms with van der Waals surface area (Å²) in [5, 5.41) is 0. The molecule has 1 aromatic heterocycles. The molecule has 2 aliphatic rings. The minimum atomic E-state index is -0.406. The van der Waals surface area contributed by atoms with Gasteiger partial charge in [-0.3, -0.25) is 4.79 Å². The molecule has 0 bridgehead atoms. The SMILES string of the molecule is Cc1c(C(=O)OC[C@@H]2CCCO2)[nH]c2c1C(=O)C[C@H](c1ccc(C(C)(C)C)cc1)C2. The van der Waals surface area contributed by atoms with Crippen molar-refractivity contribution in [1.82, 2.24) is 4.98 Å². The maximum absolute atomic E-state index is 12.9. The number of hydrogen-bond donors (Lipinski definition) is 1. The predicted octanol–water partition coefficient (Wildman–Crippen LogP) is 4.87. The van der Waals surface area contributed by atoms with Gasteiger partial charge in [0.1, 0.15) is 12.3 Å². The van der Waals surface area contributed by atoms with E-state index < -0.39 is 5.97 Å². The minimum Gasteiger partial charge on any atom is -0.458 e. The fourth-order valence-corrected chi connectivity index (χ4v) is 4.55. The zero-order valence-corrected chi connectivity index (χ0v) is 18.3. The highest BCUT2D eigenvalue weighted by Gasteiger charge is 2.32. The molecule has 0 saturated carbocycles. The standard InChI is InChI=1S/C25H31NO4/c1-15-22-20(26-23(15)24(28)30-14-19-6-5-11-29-19)12-17(13-21(22)27)16-7-9-18(10-8-16)25(2,3)4/h7-10,17,19,26H,5-6,11-14H2,1-4H3/t17-,19+/m1/s1. The smallest absolute Gasteiger partial charge is 0.355 e. The van der Waals surface area contributed by atoms with Crippen LogP contribution in [0.25, 0.3) is 0 Å². The lowest BCUT2D eigenvalue weighted by Gasteiger charge is -2.24. The van der Waals surface area contributed by atoms with Crippen LogP contribution in [0.3, 0.4) is 0 Å². The maximum Gasteiger partial charge on any atom is 0.355 e. The number of ether oxygens (including phenoxy) is 2. The largest absolute Gasteiger partial charge is 0.458 e. The first kappa shape index (κ1) is 20.9. The van der Waals surface area contributed by atoms with Gasteiger partial charge < -0.3 is 14.5 Å². The van der Waals surface area contributed by atoms with Crippen molar-refractivity contribution in [3.63, 3.8) is 0 Å². The summed E-state index contributed by atoms with van der Waals surface area (Å²) in [5.74, 6) is -0.197. The van der Waals surface area contributed by atoms with Crippen LogP contribution in [0.15, 0.2) is 24.3 Å². The van der Waals surface area contributed by atoms with Crippen molar-refractivity contribution in [3.8, 4) is 0 Å². The molecule has 2 atom stereocenters. The number of nitrogens with one attached hydrogen (secondary N) is 1. The molecular weight excluding hydrogens is 378 g/mol. The Bertz CT molecular complexity index is 943. The number of aromatic nitrogens is 1. The maximum atomic E-state index is 12.9. The lowest BCUT2D eigenvalue weighted by molar-refractivity contribution is 0.0156. The number of rotatable bonds is 4. The molecular formula is C25H31NO4. The Morgan fingerprint density at radius 2 is 1.93 bits per heavy atom. The number of esters is 1. The summed E-state index contributed by atoms with van der Waals surface area (Å²) in [6.45, 7) is 9.40. The van der Waals surface area contributed by atoms with Crippen molar-refractivity contribution in [1.29, 1.82) is 0 Å². The molecule has 1 aliphatic heterocycles. The lowest BCUT2D eigenvalue weighted by Crippen LogP contribution is -2.19. The van der Waals surface area contributed by atoms with Gasteiger partial charge in [0.25, 0.3) is 0 Å². The Balaban J connectivity index is 1.51. The molecule has 0 radical (unpaired) electrons. The number of ketones is 1. The summed E-state index contributed by atoms with van der Waals surface area (Å²) in [5.41, 5.74) is 5.16. The van der Waals surface area contributed by atoms with Crippen LogP contribution < -0.4 is 0 Å². The third-order valence-electron chi connectivity index (χ3n) is 6.37. The van der Waals surface area contributed by atoms with Gasteiger partial charge in [0.15, 0.2) is 5.78 Å². The van der Waals surface area contributed by atoms with Gasteiger partial charge in [0.05, 0.1) is 6.10 Å². The van der Waals surface area contributed by atoms with E-state index in [1.54, 1.807) is 0 Å². The van der Waals surface area contributed by atoms with E-state index in [0.717, 1.165) is 37.1 Å². The Morgan fingerprint density at radius 1 is 1.20 bits per heavy atom. The molecule has 0 spiro atoms. The Labute approximate surface area is 178 Å². The van der Waals surface area contributed by atoms with E-state index in [9.17, 15) is 9.59 Å². The Hall–Kier alpha value is -2.40. The van der Waals surface area contributed by atoms with E-state index in [1.807, 2.05) is 6.92 Å². The monoisotopic (exact) mass is 409 g/mol. The number of H-pyrrole nitrogens is 1. The summed E-state index contributed by atoms with van der Waals surface area (Å²) < 4.78 is 11.0. The van der Waals surface area contributed by atoms with Gasteiger partial charge in [-0.1, -0.05) is 45.0 Å². The Kier molecular flexibility index (Phi) is 5.58. The molecule has 1 saturated heterocycles. The molecule has 2 aromatic rings. The van der Waals surface area contributed by atoms with Crippen molar-refractivity contribution in [2.24, 2.45) is 0 Å². The molecule has 0 unspecified atom stereocenters. The first-order valence-corrected chi connectivity index (χ1v) is 10.9. The third-order valence-corrected chi connectivity index (χ3v) is 6.37. The highest BCUT2D eigenvalue weighted by molar-refractivity contribution is 6.03. The van der Waals surface area contributed by atoms with Crippen LogP contribution in [-0.2, 0) is 21.3 Å². The average molecular weight is 410 g/mol. The number of Topliss-reactive ketones (excluding diaryl/α,β-unsaturated/α-hetero) is 1. The van der Waals surface area contributed by atoms with E-state index >= 15 is 0 Å². The number of carbonyl (C=O) groups is 2. The second-order valence-electron chi connectivity index (χ2n) is 9.61. The molecule has 0 amide bonds. The normalized spacial score (nSPS) is 21.5. The fraction of sp³-hybridized carbons (Fsp3) is 0.520. The lowest BCUT2D eigenvalue weighted by atomic mass is 9.80. The quantitative estimate of drug-likeness (QED) is 0.732. The summed E-state index contributed by atoms with van der Waals surface area (Å²) in [7, 11) is 0. The van der Waals surface area contributed by atoms with Crippen LogP contribution >= 0.6 is 0 Å². The van der Waals surface area contributed by atoms with E-state index in [4.69, 9.17) is 9.47 Å². The van der Waals surface area contributed by atoms with Gasteiger partial charge in [0.2, 0.25) is 0 Å². The fourth-order valence-electron chi connectivity index (χ4n) is 4.55. The van der Waals surface area contributed by atoms with Crippen molar-refractivity contribution in [2.45, 2.75) is 70.8 Å². The van der Waals surface area contributed by atoms with Gasteiger partial charge in [-0.15, -0.1) is 0 Å². The van der Waals surface area contributed by atoms with Crippen LogP contribution in [0.5, 0.6) is 0 Å². The molecule has 160 valence electrons. The van der Waals surface area contributed by atoms with E-state index in [2.05, 4.69) is 50.0 Å². The molecule has 4 rings (SSSR count). The molecule has 1 N–H and O–H groups in total. The highest BCUT2D eigenvalue weighted by Crippen LogP contribution is 2.36. The molecule has 1 aromatic carbocycles. The first-order valence-electron chi connectivity index (χ1n) is 10.9. The van der Waals surface area contributed by atoms with Gasteiger partial charge in [-0.05, 0) is 54.2 Å². The summed E-state index contributed by atoms with van der Waals surface area (Å²) in [6.07, 6.45) is 3.09. The van der Waals surface area contributed by atoms with Crippen LogP contribution in [0.4, 0.5) is 0 Å². The second-order valence-corrected chi connectivity index (χ2v) is 9.61. The Morgan fingerprint density at radius 3 is 2.57 bits per heavy atom. The molecule has 5 heteroatoms. The van der Waals surface area contributed by atoms with Crippen molar-refractivity contribution in [2.75, 3.05) is 13.2 Å². The van der Waals surface area contributed by atoms with Crippen molar-refractivity contribution < 1.29 is 19.1 Å².